The molecule has 96 valence electrons. The van der Waals surface area contributed by atoms with Crippen LogP contribution in [0, 0.1) is 11.3 Å². The Bertz CT molecular complexity index is 448. The van der Waals surface area contributed by atoms with Crippen molar-refractivity contribution in [2.24, 2.45) is 11.3 Å². The Kier molecular flexibility index (Phi) is 3.70. The maximum Gasteiger partial charge on any atom is 0.146 e. The number of hydrogen-bond acceptors (Lipinski definition) is 1. The molecule has 0 spiro atoms. The number of rotatable bonds is 2. The molecule has 0 heterocycles. The maximum absolute atomic E-state index is 11.4. The number of hydrogen-bond donors (Lipinski definition) is 0. The van der Waals surface area contributed by atoms with E-state index in [4.69, 9.17) is 0 Å². The molecule has 1 aromatic carbocycles. The summed E-state index contributed by atoms with van der Waals surface area (Å²) in [5, 5.41) is 0. The highest BCUT2D eigenvalue weighted by Gasteiger charge is 2.29. The van der Waals surface area contributed by atoms with Crippen LogP contribution in [0.3, 0.4) is 0 Å². The summed E-state index contributed by atoms with van der Waals surface area (Å²) in [6.45, 7) is 6.81. The second-order valence-corrected chi connectivity index (χ2v) is 6.29. The van der Waals surface area contributed by atoms with E-state index in [1.165, 1.54) is 17.6 Å². The lowest BCUT2D eigenvalue weighted by molar-refractivity contribution is -0.105. The minimum Gasteiger partial charge on any atom is -0.298 e. The van der Waals surface area contributed by atoms with Gasteiger partial charge in [0, 0.05) is 0 Å². The van der Waals surface area contributed by atoms with Gasteiger partial charge < -0.3 is 0 Å². The first kappa shape index (κ1) is 13.1. The highest BCUT2D eigenvalue weighted by atomic mass is 16.1. The molecule has 2 rings (SSSR count). The molecule has 1 unspecified atom stereocenters. The van der Waals surface area contributed by atoms with Gasteiger partial charge in [0.2, 0.25) is 0 Å². The molecule has 1 atom stereocenters. The average molecular weight is 242 g/mol. The van der Waals surface area contributed by atoms with E-state index < -0.39 is 0 Å². The molecule has 0 radical (unpaired) electrons. The summed E-state index contributed by atoms with van der Waals surface area (Å²) in [7, 11) is 0. The van der Waals surface area contributed by atoms with E-state index in [2.05, 4.69) is 32.9 Å². The summed E-state index contributed by atoms with van der Waals surface area (Å²) in [6, 6.07) is 10.3. The first-order valence-electron chi connectivity index (χ1n) is 6.75. The van der Waals surface area contributed by atoms with Crippen molar-refractivity contribution in [2.45, 2.75) is 40.0 Å². The van der Waals surface area contributed by atoms with Crippen LogP contribution in [0.2, 0.25) is 0 Å². The van der Waals surface area contributed by atoms with Gasteiger partial charge in [-0.05, 0) is 47.3 Å². The number of carbonyl (C=O) groups excluding carboxylic acids is 1. The Morgan fingerprint density at radius 2 is 1.83 bits per heavy atom. The zero-order valence-corrected chi connectivity index (χ0v) is 11.6. The van der Waals surface area contributed by atoms with Crippen LogP contribution in [0.1, 0.15) is 45.6 Å². The molecule has 1 aromatic rings. The van der Waals surface area contributed by atoms with Crippen molar-refractivity contribution >= 4 is 11.9 Å². The Morgan fingerprint density at radius 3 is 2.39 bits per heavy atom. The molecule has 1 aliphatic carbocycles. The van der Waals surface area contributed by atoms with Crippen LogP contribution in [0.15, 0.2) is 35.9 Å². The fourth-order valence-corrected chi connectivity index (χ4v) is 2.80. The van der Waals surface area contributed by atoms with E-state index in [1.807, 2.05) is 18.2 Å². The number of benzene rings is 1. The molecule has 0 amide bonds. The molecule has 0 fully saturated rings. The molecular weight excluding hydrogens is 220 g/mol. The molecule has 1 heteroatoms. The molecule has 0 bridgehead atoms. The van der Waals surface area contributed by atoms with Crippen LogP contribution in [0.25, 0.3) is 5.57 Å². The van der Waals surface area contributed by atoms with Crippen LogP contribution < -0.4 is 0 Å². The van der Waals surface area contributed by atoms with E-state index in [0.717, 1.165) is 24.7 Å². The Labute approximate surface area is 110 Å². The van der Waals surface area contributed by atoms with Crippen molar-refractivity contribution < 1.29 is 4.79 Å². The van der Waals surface area contributed by atoms with Crippen LogP contribution in [0.4, 0.5) is 0 Å². The lowest BCUT2D eigenvalue weighted by Crippen LogP contribution is -2.24. The summed E-state index contributed by atoms with van der Waals surface area (Å²) < 4.78 is 0. The molecular formula is C17H22O. The monoisotopic (exact) mass is 242 g/mol. The molecule has 0 aromatic heterocycles. The molecule has 0 saturated heterocycles. The second-order valence-electron chi connectivity index (χ2n) is 6.29. The standard InChI is InChI=1S/C17H22O/c1-17(2,3)15-9-10-16(14(11-15)12-18)13-7-5-4-6-8-13/h4-8,12,15H,9-11H2,1-3H3. The highest BCUT2D eigenvalue weighted by molar-refractivity contribution is 5.88. The topological polar surface area (TPSA) is 17.1 Å². The first-order valence-corrected chi connectivity index (χ1v) is 6.75. The van der Waals surface area contributed by atoms with E-state index in [1.54, 1.807) is 0 Å². The summed E-state index contributed by atoms with van der Waals surface area (Å²) >= 11 is 0. The van der Waals surface area contributed by atoms with Crippen molar-refractivity contribution in [3.8, 4) is 0 Å². The third-order valence-electron chi connectivity index (χ3n) is 4.09. The molecule has 18 heavy (non-hydrogen) atoms. The lowest BCUT2D eigenvalue weighted by Gasteiger charge is -2.35. The van der Waals surface area contributed by atoms with Crippen molar-refractivity contribution in [3.63, 3.8) is 0 Å². The van der Waals surface area contributed by atoms with Gasteiger partial charge in [-0.2, -0.15) is 0 Å². The normalized spacial score (nSPS) is 20.9. The summed E-state index contributed by atoms with van der Waals surface area (Å²) in [5.74, 6) is 0.616. The largest absolute Gasteiger partial charge is 0.298 e. The quantitative estimate of drug-likeness (QED) is 0.698. The van der Waals surface area contributed by atoms with Gasteiger partial charge in [-0.15, -0.1) is 0 Å². The third-order valence-corrected chi connectivity index (χ3v) is 4.09. The summed E-state index contributed by atoms with van der Waals surface area (Å²) in [4.78, 5) is 11.4. The number of aldehydes is 1. The van der Waals surface area contributed by atoms with Gasteiger partial charge in [0.15, 0.2) is 0 Å². The number of allylic oxidation sites excluding steroid dienone is 2. The average Bonchev–Trinajstić information content (AvgIpc) is 2.38. The maximum atomic E-state index is 11.4. The second kappa shape index (κ2) is 5.09. The van der Waals surface area contributed by atoms with Crippen LogP contribution in [-0.4, -0.2) is 6.29 Å². The van der Waals surface area contributed by atoms with Gasteiger partial charge >= 0.3 is 0 Å². The van der Waals surface area contributed by atoms with Gasteiger partial charge in [-0.3, -0.25) is 4.79 Å². The number of carbonyl (C=O) groups is 1. The van der Waals surface area contributed by atoms with Gasteiger partial charge in [-0.25, -0.2) is 0 Å². The lowest BCUT2D eigenvalue weighted by atomic mass is 9.70. The van der Waals surface area contributed by atoms with Crippen molar-refractivity contribution in [2.75, 3.05) is 0 Å². The predicted molar refractivity (Wildman–Crippen MR) is 76.2 cm³/mol. The van der Waals surface area contributed by atoms with Gasteiger partial charge in [0.25, 0.3) is 0 Å². The fourth-order valence-electron chi connectivity index (χ4n) is 2.80. The van der Waals surface area contributed by atoms with Gasteiger partial charge in [-0.1, -0.05) is 51.1 Å². The Balaban J connectivity index is 2.31. The third kappa shape index (κ3) is 2.72. The van der Waals surface area contributed by atoms with Crippen molar-refractivity contribution in [3.05, 3.63) is 41.5 Å². The van der Waals surface area contributed by atoms with E-state index in [0.29, 0.717) is 5.92 Å². The molecule has 1 nitrogen and oxygen atoms in total. The van der Waals surface area contributed by atoms with Crippen molar-refractivity contribution in [1.29, 1.82) is 0 Å². The van der Waals surface area contributed by atoms with E-state index in [9.17, 15) is 4.79 Å². The Morgan fingerprint density at radius 1 is 1.17 bits per heavy atom. The molecule has 0 aliphatic heterocycles. The fraction of sp³-hybridized carbons (Fsp3) is 0.471. The minimum atomic E-state index is 0.288. The summed E-state index contributed by atoms with van der Waals surface area (Å²) in [6.07, 6.45) is 4.21. The Hall–Kier alpha value is -1.37. The highest BCUT2D eigenvalue weighted by Crippen LogP contribution is 2.42. The van der Waals surface area contributed by atoms with Crippen molar-refractivity contribution in [1.82, 2.24) is 0 Å². The summed E-state index contributed by atoms with van der Waals surface area (Å²) in [5.41, 5.74) is 3.77. The first-order chi connectivity index (χ1) is 8.52. The van der Waals surface area contributed by atoms with E-state index >= 15 is 0 Å². The van der Waals surface area contributed by atoms with Gasteiger partial charge in [0.1, 0.15) is 6.29 Å². The zero-order chi connectivity index (χ0) is 13.2. The van der Waals surface area contributed by atoms with Crippen LogP contribution >= 0.6 is 0 Å². The SMILES string of the molecule is CC(C)(C)C1CCC(c2ccccc2)=C(C=O)C1. The minimum absolute atomic E-state index is 0.288. The smallest absolute Gasteiger partial charge is 0.146 e. The molecule has 0 N–H and O–H groups in total. The van der Waals surface area contributed by atoms with Crippen LogP contribution in [0.5, 0.6) is 0 Å². The predicted octanol–water partition coefficient (Wildman–Crippen LogP) is 4.49. The molecule has 1 aliphatic rings. The zero-order valence-electron chi connectivity index (χ0n) is 11.6. The van der Waals surface area contributed by atoms with E-state index in [-0.39, 0.29) is 5.41 Å². The molecule has 0 saturated carbocycles. The van der Waals surface area contributed by atoms with Crippen LogP contribution in [-0.2, 0) is 4.79 Å². The van der Waals surface area contributed by atoms with Gasteiger partial charge in [0.05, 0.1) is 0 Å².